The van der Waals surface area contributed by atoms with Gasteiger partial charge in [0, 0.05) is 13.2 Å². The van der Waals surface area contributed by atoms with Gasteiger partial charge in [0.2, 0.25) is 0 Å². The van der Waals surface area contributed by atoms with Crippen LogP contribution in [-0.2, 0) is 4.74 Å². The Hall–Kier alpha value is -0.120. The summed E-state index contributed by atoms with van der Waals surface area (Å²) in [6.07, 6.45) is 2.35. The van der Waals surface area contributed by atoms with Crippen LogP contribution >= 0.6 is 0 Å². The molecule has 1 aliphatic carbocycles. The van der Waals surface area contributed by atoms with Crippen LogP contribution in [0.1, 0.15) is 26.7 Å². The van der Waals surface area contributed by atoms with Gasteiger partial charge in [0.05, 0.1) is 12.7 Å². The van der Waals surface area contributed by atoms with Crippen LogP contribution in [-0.4, -0.2) is 37.5 Å². The lowest BCUT2D eigenvalue weighted by Gasteiger charge is -2.13. The summed E-state index contributed by atoms with van der Waals surface area (Å²) in [4.78, 5) is 0. The Morgan fingerprint density at radius 2 is 2.07 bits per heavy atom. The predicted octanol–water partition coefficient (Wildman–Crippen LogP) is 1.02. The number of rotatable bonds is 8. The molecular formula is C11H23NO2. The number of nitrogens with one attached hydrogen (secondary N) is 1. The van der Waals surface area contributed by atoms with E-state index >= 15 is 0 Å². The van der Waals surface area contributed by atoms with Crippen molar-refractivity contribution in [3.05, 3.63) is 0 Å². The molecule has 84 valence electrons. The SMILES string of the molecule is CC(C)COCC(O)CNCC1CC1. The quantitative estimate of drug-likeness (QED) is 0.616. The van der Waals surface area contributed by atoms with Gasteiger partial charge in [-0.3, -0.25) is 0 Å². The van der Waals surface area contributed by atoms with Gasteiger partial charge < -0.3 is 15.2 Å². The summed E-state index contributed by atoms with van der Waals surface area (Å²) in [5.41, 5.74) is 0. The normalized spacial score (nSPS) is 18.9. The smallest absolute Gasteiger partial charge is 0.0897 e. The third-order valence-electron chi connectivity index (χ3n) is 2.27. The van der Waals surface area contributed by atoms with Crippen LogP contribution in [0.4, 0.5) is 0 Å². The average Bonchev–Trinajstić information content (AvgIpc) is 2.87. The molecule has 0 bridgehead atoms. The van der Waals surface area contributed by atoms with Gasteiger partial charge in [-0.2, -0.15) is 0 Å². The Balaban J connectivity index is 1.84. The summed E-state index contributed by atoms with van der Waals surface area (Å²) in [7, 11) is 0. The molecule has 2 N–H and O–H groups in total. The molecule has 1 atom stereocenters. The van der Waals surface area contributed by atoms with E-state index in [2.05, 4.69) is 19.2 Å². The van der Waals surface area contributed by atoms with E-state index in [1.165, 1.54) is 12.8 Å². The molecule has 0 amide bonds. The molecule has 0 heterocycles. The maximum atomic E-state index is 9.51. The van der Waals surface area contributed by atoms with Gasteiger partial charge in [-0.15, -0.1) is 0 Å². The molecular weight excluding hydrogens is 178 g/mol. The summed E-state index contributed by atoms with van der Waals surface area (Å²) in [6, 6.07) is 0. The van der Waals surface area contributed by atoms with Crippen LogP contribution in [0.25, 0.3) is 0 Å². The highest BCUT2D eigenvalue weighted by Crippen LogP contribution is 2.27. The fraction of sp³-hybridized carbons (Fsp3) is 1.00. The average molecular weight is 201 g/mol. The number of ether oxygens (including phenoxy) is 1. The molecule has 0 aliphatic heterocycles. The first-order valence-electron chi connectivity index (χ1n) is 5.65. The molecule has 1 aliphatic rings. The van der Waals surface area contributed by atoms with E-state index in [1.54, 1.807) is 0 Å². The molecule has 14 heavy (non-hydrogen) atoms. The highest BCUT2D eigenvalue weighted by atomic mass is 16.5. The zero-order valence-corrected chi connectivity index (χ0v) is 9.33. The summed E-state index contributed by atoms with van der Waals surface area (Å²) in [5, 5.41) is 12.8. The van der Waals surface area contributed by atoms with Gasteiger partial charge in [0.25, 0.3) is 0 Å². The molecule has 0 aromatic heterocycles. The largest absolute Gasteiger partial charge is 0.389 e. The fourth-order valence-electron chi connectivity index (χ4n) is 1.27. The molecule has 1 saturated carbocycles. The maximum Gasteiger partial charge on any atom is 0.0897 e. The Kier molecular flexibility index (Phi) is 5.45. The number of hydrogen-bond donors (Lipinski definition) is 2. The van der Waals surface area contributed by atoms with Crippen molar-refractivity contribution in [1.29, 1.82) is 0 Å². The Morgan fingerprint density at radius 3 is 2.64 bits per heavy atom. The van der Waals surface area contributed by atoms with Gasteiger partial charge >= 0.3 is 0 Å². The van der Waals surface area contributed by atoms with Crippen LogP contribution in [0.5, 0.6) is 0 Å². The van der Waals surface area contributed by atoms with Crippen molar-refractivity contribution >= 4 is 0 Å². The topological polar surface area (TPSA) is 41.5 Å². The van der Waals surface area contributed by atoms with Crippen molar-refractivity contribution in [2.45, 2.75) is 32.8 Å². The Morgan fingerprint density at radius 1 is 1.36 bits per heavy atom. The molecule has 1 rings (SSSR count). The van der Waals surface area contributed by atoms with E-state index in [4.69, 9.17) is 4.74 Å². The van der Waals surface area contributed by atoms with Crippen LogP contribution in [0.15, 0.2) is 0 Å². The van der Waals surface area contributed by atoms with E-state index in [0.29, 0.717) is 19.1 Å². The zero-order valence-electron chi connectivity index (χ0n) is 9.33. The number of hydrogen-bond acceptors (Lipinski definition) is 3. The first-order valence-corrected chi connectivity index (χ1v) is 5.65. The van der Waals surface area contributed by atoms with Crippen LogP contribution in [0, 0.1) is 11.8 Å². The first kappa shape index (κ1) is 12.0. The molecule has 0 aromatic carbocycles. The number of aliphatic hydroxyl groups excluding tert-OH is 1. The lowest BCUT2D eigenvalue weighted by atomic mass is 10.2. The van der Waals surface area contributed by atoms with Crippen molar-refractivity contribution in [3.63, 3.8) is 0 Å². The van der Waals surface area contributed by atoms with E-state index in [-0.39, 0.29) is 6.10 Å². The van der Waals surface area contributed by atoms with Crippen LogP contribution in [0.3, 0.4) is 0 Å². The zero-order chi connectivity index (χ0) is 10.4. The van der Waals surface area contributed by atoms with E-state index < -0.39 is 0 Å². The summed E-state index contributed by atoms with van der Waals surface area (Å²) in [6.45, 7) is 7.13. The van der Waals surface area contributed by atoms with E-state index in [0.717, 1.165) is 19.1 Å². The third kappa shape index (κ3) is 6.35. The second-order valence-electron chi connectivity index (χ2n) is 4.69. The van der Waals surface area contributed by atoms with Crippen molar-refractivity contribution in [1.82, 2.24) is 5.32 Å². The molecule has 3 nitrogen and oxygen atoms in total. The van der Waals surface area contributed by atoms with Crippen molar-refractivity contribution in [2.24, 2.45) is 11.8 Å². The Labute approximate surface area is 86.8 Å². The van der Waals surface area contributed by atoms with Gasteiger partial charge in [-0.05, 0) is 31.2 Å². The fourth-order valence-corrected chi connectivity index (χ4v) is 1.27. The molecule has 0 radical (unpaired) electrons. The Bertz CT molecular complexity index is 138. The summed E-state index contributed by atoms with van der Waals surface area (Å²) in [5.74, 6) is 1.42. The molecule has 0 spiro atoms. The molecule has 1 unspecified atom stereocenters. The van der Waals surface area contributed by atoms with E-state index in [1.807, 2.05) is 0 Å². The minimum absolute atomic E-state index is 0.354. The second-order valence-corrected chi connectivity index (χ2v) is 4.69. The van der Waals surface area contributed by atoms with Gasteiger partial charge in [0.15, 0.2) is 0 Å². The highest BCUT2D eigenvalue weighted by Gasteiger charge is 2.20. The lowest BCUT2D eigenvalue weighted by Crippen LogP contribution is -2.32. The maximum absolute atomic E-state index is 9.51. The van der Waals surface area contributed by atoms with Crippen molar-refractivity contribution in [3.8, 4) is 0 Å². The highest BCUT2D eigenvalue weighted by molar-refractivity contribution is 4.75. The van der Waals surface area contributed by atoms with Gasteiger partial charge in [-0.25, -0.2) is 0 Å². The third-order valence-corrected chi connectivity index (χ3v) is 2.27. The molecule has 1 fully saturated rings. The number of aliphatic hydroxyl groups is 1. The standard InChI is InChI=1S/C11H23NO2/c1-9(2)7-14-8-11(13)6-12-5-10-3-4-10/h9-13H,3-8H2,1-2H3. The van der Waals surface area contributed by atoms with Crippen molar-refractivity contribution in [2.75, 3.05) is 26.3 Å². The predicted molar refractivity (Wildman–Crippen MR) is 57.3 cm³/mol. The van der Waals surface area contributed by atoms with E-state index in [9.17, 15) is 5.11 Å². The molecule has 0 saturated heterocycles. The second kappa shape index (κ2) is 6.38. The first-order chi connectivity index (χ1) is 6.68. The summed E-state index contributed by atoms with van der Waals surface area (Å²) < 4.78 is 5.34. The monoisotopic (exact) mass is 201 g/mol. The minimum Gasteiger partial charge on any atom is -0.389 e. The van der Waals surface area contributed by atoms with Crippen LogP contribution in [0.2, 0.25) is 0 Å². The van der Waals surface area contributed by atoms with Crippen molar-refractivity contribution < 1.29 is 9.84 Å². The van der Waals surface area contributed by atoms with Gasteiger partial charge in [0.1, 0.15) is 0 Å². The van der Waals surface area contributed by atoms with Crippen LogP contribution < -0.4 is 5.32 Å². The molecule has 0 aromatic rings. The minimum atomic E-state index is -0.354. The lowest BCUT2D eigenvalue weighted by molar-refractivity contribution is 0.0261. The summed E-state index contributed by atoms with van der Waals surface area (Å²) >= 11 is 0. The van der Waals surface area contributed by atoms with Gasteiger partial charge in [-0.1, -0.05) is 13.8 Å². The molecule has 3 heteroatoms.